The van der Waals surface area contributed by atoms with E-state index in [1.165, 1.54) is 0 Å². The molecule has 0 bridgehead atoms. The fourth-order valence-corrected chi connectivity index (χ4v) is 0.468. The standard InChI is InChI=1S/C7H5N/c1-2-7-4-3-5-8-6-7/h1,3-4H,6H2. The van der Waals surface area contributed by atoms with Gasteiger partial charge in [0.05, 0.1) is 6.54 Å². The summed E-state index contributed by atoms with van der Waals surface area (Å²) in [7, 11) is 0. The Morgan fingerprint density at radius 3 is 3.12 bits per heavy atom. The van der Waals surface area contributed by atoms with Crippen molar-refractivity contribution in [3.63, 3.8) is 0 Å². The van der Waals surface area contributed by atoms with E-state index in [0.717, 1.165) is 5.57 Å². The summed E-state index contributed by atoms with van der Waals surface area (Å²) in [5, 5.41) is 0. The highest BCUT2D eigenvalue weighted by atomic mass is 14.7. The lowest BCUT2D eigenvalue weighted by molar-refractivity contribution is 1.20. The van der Waals surface area contributed by atoms with Crippen LogP contribution < -0.4 is 0 Å². The smallest absolute Gasteiger partial charge is 0.0812 e. The number of allylic oxidation sites excluding steroid dienone is 2. The van der Waals surface area contributed by atoms with Crippen molar-refractivity contribution in [1.82, 2.24) is 0 Å². The topological polar surface area (TPSA) is 12.4 Å². The third-order valence-corrected chi connectivity index (χ3v) is 0.885. The summed E-state index contributed by atoms with van der Waals surface area (Å²) in [6.45, 7) is 0.618. The number of rotatable bonds is 0. The maximum Gasteiger partial charge on any atom is 0.0812 e. The average Bonchev–Trinajstić information content (AvgIpc) is 1.90. The second kappa shape index (κ2) is 2.16. The molecule has 1 nitrogen and oxygen atoms in total. The summed E-state index contributed by atoms with van der Waals surface area (Å²) < 4.78 is 0. The fourth-order valence-electron chi connectivity index (χ4n) is 0.468. The lowest BCUT2D eigenvalue weighted by Crippen LogP contribution is -1.86. The van der Waals surface area contributed by atoms with E-state index in [9.17, 15) is 0 Å². The normalized spacial score (nSPS) is 15.1. The molecule has 1 rings (SSSR count). The van der Waals surface area contributed by atoms with Gasteiger partial charge in [0.25, 0.3) is 0 Å². The molecule has 0 aromatic carbocycles. The second-order valence-corrected chi connectivity index (χ2v) is 1.45. The number of hydrogen-bond acceptors (Lipinski definition) is 1. The molecule has 1 aliphatic heterocycles. The molecule has 0 saturated carbocycles. The van der Waals surface area contributed by atoms with Crippen LogP contribution in [-0.2, 0) is 0 Å². The largest absolute Gasteiger partial charge is 0.238 e. The molecule has 0 N–H and O–H groups in total. The van der Waals surface area contributed by atoms with Gasteiger partial charge in [-0.05, 0) is 11.9 Å². The zero-order valence-electron chi connectivity index (χ0n) is 4.39. The molecule has 8 heavy (non-hydrogen) atoms. The van der Waals surface area contributed by atoms with Crippen LogP contribution in [0, 0.1) is 12.3 Å². The van der Waals surface area contributed by atoms with Crippen molar-refractivity contribution in [2.24, 2.45) is 4.99 Å². The molecule has 0 amide bonds. The van der Waals surface area contributed by atoms with Gasteiger partial charge in [0.2, 0.25) is 0 Å². The summed E-state index contributed by atoms with van der Waals surface area (Å²) >= 11 is 0. The van der Waals surface area contributed by atoms with E-state index in [0.29, 0.717) is 6.54 Å². The Balaban J connectivity index is 2.81. The van der Waals surface area contributed by atoms with Gasteiger partial charge in [0.15, 0.2) is 0 Å². The van der Waals surface area contributed by atoms with Crippen molar-refractivity contribution >= 4 is 5.87 Å². The first-order chi connectivity index (χ1) is 3.93. The van der Waals surface area contributed by atoms with Gasteiger partial charge in [-0.3, -0.25) is 0 Å². The predicted octanol–water partition coefficient (Wildman–Crippen LogP) is 0.785. The molecule has 0 aromatic rings. The number of hydrogen-bond donors (Lipinski definition) is 0. The average molecular weight is 103 g/mol. The zero-order valence-corrected chi connectivity index (χ0v) is 4.39. The van der Waals surface area contributed by atoms with E-state index in [2.05, 4.69) is 16.8 Å². The summed E-state index contributed by atoms with van der Waals surface area (Å²) in [4.78, 5) is 3.81. The van der Waals surface area contributed by atoms with E-state index in [1.54, 1.807) is 6.08 Å². The van der Waals surface area contributed by atoms with Gasteiger partial charge >= 0.3 is 0 Å². The van der Waals surface area contributed by atoms with E-state index in [4.69, 9.17) is 6.42 Å². The van der Waals surface area contributed by atoms with Gasteiger partial charge in [-0.1, -0.05) is 5.92 Å². The molecule has 0 unspecified atom stereocenters. The van der Waals surface area contributed by atoms with Gasteiger partial charge in [0.1, 0.15) is 0 Å². The summed E-state index contributed by atoms with van der Waals surface area (Å²) in [5.74, 6) is 5.18. The van der Waals surface area contributed by atoms with Crippen molar-refractivity contribution in [3.05, 3.63) is 17.7 Å². The summed E-state index contributed by atoms with van der Waals surface area (Å²) in [6, 6.07) is 0. The summed E-state index contributed by atoms with van der Waals surface area (Å²) in [6.07, 6.45) is 8.64. The maximum absolute atomic E-state index is 5.08. The molecular formula is C7H5N. The number of terminal acetylenes is 1. The second-order valence-electron chi connectivity index (χ2n) is 1.45. The first-order valence-corrected chi connectivity index (χ1v) is 2.34. The van der Waals surface area contributed by atoms with Crippen LogP contribution in [0.25, 0.3) is 0 Å². The van der Waals surface area contributed by atoms with E-state index in [-0.39, 0.29) is 0 Å². The molecule has 0 fully saturated rings. The summed E-state index contributed by atoms with van der Waals surface area (Å²) in [5.41, 5.74) is 0.920. The van der Waals surface area contributed by atoms with E-state index >= 15 is 0 Å². The van der Waals surface area contributed by atoms with Crippen LogP contribution in [0.4, 0.5) is 0 Å². The molecule has 0 atom stereocenters. The van der Waals surface area contributed by atoms with Crippen molar-refractivity contribution in [2.45, 2.75) is 0 Å². The van der Waals surface area contributed by atoms with Crippen molar-refractivity contribution in [3.8, 4) is 12.3 Å². The van der Waals surface area contributed by atoms with Gasteiger partial charge in [0, 0.05) is 11.6 Å². The highest BCUT2D eigenvalue weighted by molar-refractivity contribution is 5.59. The molecule has 0 aliphatic carbocycles. The lowest BCUT2D eigenvalue weighted by Gasteiger charge is -1.90. The lowest BCUT2D eigenvalue weighted by atomic mass is 10.2. The van der Waals surface area contributed by atoms with Gasteiger partial charge < -0.3 is 0 Å². The third-order valence-electron chi connectivity index (χ3n) is 0.885. The Labute approximate surface area is 48.4 Å². The highest BCUT2D eigenvalue weighted by Gasteiger charge is 1.88. The minimum absolute atomic E-state index is 0.618. The first kappa shape index (κ1) is 4.90. The molecular weight excluding hydrogens is 98.1 g/mol. The van der Waals surface area contributed by atoms with Crippen LogP contribution in [0.2, 0.25) is 0 Å². The Morgan fingerprint density at radius 1 is 1.88 bits per heavy atom. The van der Waals surface area contributed by atoms with Crippen LogP contribution in [-0.4, -0.2) is 12.4 Å². The minimum atomic E-state index is 0.618. The Bertz CT molecular complexity index is 209. The van der Waals surface area contributed by atoms with Crippen molar-refractivity contribution < 1.29 is 0 Å². The molecule has 0 radical (unpaired) electrons. The minimum Gasteiger partial charge on any atom is -0.238 e. The number of aliphatic imine (C=N–C) groups is 1. The van der Waals surface area contributed by atoms with Crippen LogP contribution in [0.5, 0.6) is 0 Å². The fraction of sp³-hybridized carbons (Fsp3) is 0.143. The molecule has 1 heteroatoms. The Morgan fingerprint density at radius 2 is 2.75 bits per heavy atom. The van der Waals surface area contributed by atoms with Crippen molar-refractivity contribution in [1.29, 1.82) is 0 Å². The highest BCUT2D eigenvalue weighted by Crippen LogP contribution is 1.94. The van der Waals surface area contributed by atoms with Gasteiger partial charge in [-0.2, -0.15) is 0 Å². The van der Waals surface area contributed by atoms with E-state index < -0.39 is 0 Å². The van der Waals surface area contributed by atoms with Crippen LogP contribution in [0.3, 0.4) is 0 Å². The van der Waals surface area contributed by atoms with Crippen LogP contribution >= 0.6 is 0 Å². The quantitative estimate of drug-likeness (QED) is 0.402. The molecule has 0 spiro atoms. The van der Waals surface area contributed by atoms with E-state index in [1.807, 2.05) is 6.08 Å². The van der Waals surface area contributed by atoms with Crippen LogP contribution in [0.1, 0.15) is 0 Å². The maximum atomic E-state index is 5.08. The molecule has 0 saturated heterocycles. The molecule has 1 aliphatic rings. The zero-order chi connectivity index (χ0) is 5.82. The molecule has 0 aromatic heterocycles. The molecule has 1 heterocycles. The molecule has 38 valence electrons. The van der Waals surface area contributed by atoms with Gasteiger partial charge in [-0.25, -0.2) is 4.99 Å². The SMILES string of the molecule is C#CC1=CC=C=NC1. The van der Waals surface area contributed by atoms with Gasteiger partial charge in [-0.15, -0.1) is 6.42 Å². The first-order valence-electron chi connectivity index (χ1n) is 2.34. The predicted molar refractivity (Wildman–Crippen MR) is 33.8 cm³/mol. The van der Waals surface area contributed by atoms with Crippen LogP contribution in [0.15, 0.2) is 22.7 Å². The van der Waals surface area contributed by atoms with Crippen molar-refractivity contribution in [2.75, 3.05) is 6.54 Å². The Hall–Kier alpha value is -1.25. The monoisotopic (exact) mass is 103 g/mol. The number of nitrogens with zero attached hydrogens (tertiary/aromatic N) is 1. The third kappa shape index (κ3) is 0.872. The Kier molecular flexibility index (Phi) is 1.32.